The topological polar surface area (TPSA) is 29.5 Å². The summed E-state index contributed by atoms with van der Waals surface area (Å²) in [6.45, 7) is 4.64. The summed E-state index contributed by atoms with van der Waals surface area (Å²) in [5.41, 5.74) is 0. The molecule has 0 aromatic rings. The Morgan fingerprint density at radius 1 is 0.750 bits per heavy atom. The number of ether oxygens (including phenoxy) is 1. The zero-order chi connectivity index (χ0) is 15.1. The van der Waals surface area contributed by atoms with E-state index < -0.39 is 5.25 Å². The van der Waals surface area contributed by atoms with Gasteiger partial charge in [0, 0.05) is 6.42 Å². The Bertz CT molecular complexity index is 195. The van der Waals surface area contributed by atoms with E-state index in [0.29, 0.717) is 13.0 Å². The van der Waals surface area contributed by atoms with Gasteiger partial charge in [-0.05, 0) is 6.42 Å². The van der Waals surface area contributed by atoms with E-state index in [0.717, 1.165) is 6.42 Å². The summed E-state index contributed by atoms with van der Waals surface area (Å²) >= 11 is 5.70. The molecule has 0 aliphatic rings. The number of rotatable bonds is 15. The smallest absolute Gasteiger partial charge is 0.245 e. The van der Waals surface area contributed by atoms with E-state index >= 15 is 0 Å². The first-order chi connectivity index (χ1) is 9.62. The van der Waals surface area contributed by atoms with Crippen molar-refractivity contribution in [1.82, 2.24) is 0 Å². The lowest BCUT2D eigenvalue weighted by molar-refractivity contribution is -0.139. The summed E-state index contributed by atoms with van der Waals surface area (Å²) in [6.07, 6.45) is 16.3. The first-order valence-electron chi connectivity index (χ1n) is 8.67. The molecule has 1 unspecified atom stereocenters. The Balaban J connectivity index is 3.06. The second kappa shape index (κ2) is 14.2. The molecule has 0 saturated carbocycles. The summed E-state index contributed by atoms with van der Waals surface area (Å²) in [5, 5.41) is 8.00. The van der Waals surface area contributed by atoms with Crippen LogP contribution >= 0.6 is 11.6 Å². The molecule has 1 atom stereocenters. The SMILES string of the molecule is CCCCCCCCCCCCCCOC(O)(Cl)CC. The third-order valence-electron chi connectivity index (χ3n) is 3.76. The van der Waals surface area contributed by atoms with Crippen LogP contribution in [0, 0.1) is 0 Å². The van der Waals surface area contributed by atoms with Crippen molar-refractivity contribution in [3.63, 3.8) is 0 Å². The highest BCUT2D eigenvalue weighted by Gasteiger charge is 2.20. The van der Waals surface area contributed by atoms with Crippen LogP contribution in [0.1, 0.15) is 97.3 Å². The molecule has 2 nitrogen and oxygen atoms in total. The zero-order valence-corrected chi connectivity index (χ0v) is 14.4. The fourth-order valence-electron chi connectivity index (χ4n) is 2.27. The second-order valence-corrected chi connectivity index (χ2v) is 6.37. The highest BCUT2D eigenvalue weighted by atomic mass is 35.5. The molecule has 1 N–H and O–H groups in total. The standard InChI is InChI=1S/C17H35ClO2/c1-3-5-6-7-8-9-10-11-12-13-14-15-16-20-17(18,19)4-2/h19H,3-16H2,1-2H3. The maximum atomic E-state index is 9.44. The van der Waals surface area contributed by atoms with Crippen LogP contribution < -0.4 is 0 Å². The average molecular weight is 307 g/mol. The summed E-state index contributed by atoms with van der Waals surface area (Å²) in [7, 11) is 0. The van der Waals surface area contributed by atoms with Gasteiger partial charge in [-0.3, -0.25) is 0 Å². The summed E-state index contributed by atoms with van der Waals surface area (Å²) in [5.74, 6) is 0. The highest BCUT2D eigenvalue weighted by Crippen LogP contribution is 2.18. The van der Waals surface area contributed by atoms with Crippen molar-refractivity contribution in [3.8, 4) is 0 Å². The van der Waals surface area contributed by atoms with Crippen LogP contribution in [0.15, 0.2) is 0 Å². The highest BCUT2D eigenvalue weighted by molar-refractivity contribution is 6.21. The number of hydrogen-bond donors (Lipinski definition) is 1. The second-order valence-electron chi connectivity index (χ2n) is 5.78. The molecule has 0 heterocycles. The molecule has 0 aliphatic carbocycles. The number of halogens is 1. The minimum Gasteiger partial charge on any atom is -0.353 e. The fourth-order valence-corrected chi connectivity index (χ4v) is 2.35. The van der Waals surface area contributed by atoms with Crippen LogP contribution in [0.2, 0.25) is 0 Å². The van der Waals surface area contributed by atoms with Crippen LogP contribution in [0.3, 0.4) is 0 Å². The molecular weight excluding hydrogens is 272 g/mol. The maximum Gasteiger partial charge on any atom is 0.245 e. The van der Waals surface area contributed by atoms with Gasteiger partial charge in [-0.2, -0.15) is 0 Å². The van der Waals surface area contributed by atoms with Gasteiger partial charge in [-0.15, -0.1) is 0 Å². The predicted molar refractivity (Wildman–Crippen MR) is 88.1 cm³/mol. The average Bonchev–Trinajstić information content (AvgIpc) is 2.44. The van der Waals surface area contributed by atoms with Crippen molar-refractivity contribution < 1.29 is 9.84 Å². The molecule has 0 spiro atoms. The first-order valence-corrected chi connectivity index (χ1v) is 9.05. The minimum atomic E-state index is -1.45. The van der Waals surface area contributed by atoms with Gasteiger partial charge in [0.1, 0.15) is 0 Å². The molecule has 122 valence electrons. The van der Waals surface area contributed by atoms with Crippen LogP contribution in [0.25, 0.3) is 0 Å². The Kier molecular flexibility index (Phi) is 14.3. The van der Waals surface area contributed by atoms with Crippen molar-refractivity contribution in [3.05, 3.63) is 0 Å². The maximum absolute atomic E-state index is 9.44. The van der Waals surface area contributed by atoms with Crippen molar-refractivity contribution in [2.24, 2.45) is 0 Å². The van der Waals surface area contributed by atoms with E-state index in [1.165, 1.54) is 70.6 Å². The van der Waals surface area contributed by atoms with Crippen LogP contribution in [0.5, 0.6) is 0 Å². The first kappa shape index (κ1) is 20.2. The van der Waals surface area contributed by atoms with Gasteiger partial charge < -0.3 is 9.84 Å². The molecule has 0 fully saturated rings. The molecular formula is C17H35ClO2. The summed E-state index contributed by atoms with van der Waals surface area (Å²) in [4.78, 5) is 0. The third kappa shape index (κ3) is 14.6. The third-order valence-corrected chi connectivity index (χ3v) is 4.13. The molecule has 0 aromatic heterocycles. The molecule has 0 rings (SSSR count). The normalized spacial score (nSPS) is 14.4. The van der Waals surface area contributed by atoms with Crippen LogP contribution in [-0.2, 0) is 4.74 Å². The minimum absolute atomic E-state index is 0.423. The largest absolute Gasteiger partial charge is 0.353 e. The zero-order valence-electron chi connectivity index (χ0n) is 13.6. The Labute approximate surface area is 131 Å². The number of unbranched alkanes of at least 4 members (excludes halogenated alkanes) is 11. The predicted octanol–water partition coefficient (Wildman–Crippen LogP) is 6.00. The van der Waals surface area contributed by atoms with Crippen molar-refractivity contribution in [2.75, 3.05) is 6.61 Å². The number of aliphatic hydroxyl groups is 1. The van der Waals surface area contributed by atoms with E-state index in [1.807, 2.05) is 6.92 Å². The van der Waals surface area contributed by atoms with E-state index in [9.17, 15) is 5.11 Å². The molecule has 0 aromatic carbocycles. The molecule has 0 saturated heterocycles. The molecule has 0 aliphatic heterocycles. The fraction of sp³-hybridized carbons (Fsp3) is 1.00. The van der Waals surface area contributed by atoms with Gasteiger partial charge >= 0.3 is 0 Å². The summed E-state index contributed by atoms with van der Waals surface area (Å²) in [6, 6.07) is 0. The van der Waals surface area contributed by atoms with Gasteiger partial charge in [-0.25, -0.2) is 0 Å². The van der Waals surface area contributed by atoms with Gasteiger partial charge in [0.2, 0.25) is 5.25 Å². The van der Waals surface area contributed by atoms with Crippen molar-refractivity contribution >= 4 is 11.6 Å². The van der Waals surface area contributed by atoms with Gasteiger partial charge in [0.05, 0.1) is 6.61 Å². The van der Waals surface area contributed by atoms with Gasteiger partial charge in [0.15, 0.2) is 0 Å². The quantitative estimate of drug-likeness (QED) is 0.228. The van der Waals surface area contributed by atoms with Gasteiger partial charge in [-0.1, -0.05) is 96.1 Å². The Morgan fingerprint density at radius 2 is 1.15 bits per heavy atom. The lowest BCUT2D eigenvalue weighted by atomic mass is 10.1. The molecule has 0 radical (unpaired) electrons. The summed E-state index contributed by atoms with van der Waals surface area (Å²) < 4.78 is 5.19. The Morgan fingerprint density at radius 3 is 1.55 bits per heavy atom. The van der Waals surface area contributed by atoms with E-state index in [2.05, 4.69) is 6.92 Å². The Hall–Kier alpha value is 0.210. The number of alkyl halides is 1. The van der Waals surface area contributed by atoms with Gasteiger partial charge in [0.25, 0.3) is 0 Å². The van der Waals surface area contributed by atoms with Crippen LogP contribution in [0.4, 0.5) is 0 Å². The lowest BCUT2D eigenvalue weighted by Gasteiger charge is -2.18. The monoisotopic (exact) mass is 306 g/mol. The molecule has 20 heavy (non-hydrogen) atoms. The molecule has 0 bridgehead atoms. The van der Waals surface area contributed by atoms with E-state index in [1.54, 1.807) is 0 Å². The van der Waals surface area contributed by atoms with E-state index in [4.69, 9.17) is 16.3 Å². The van der Waals surface area contributed by atoms with Crippen LogP contribution in [-0.4, -0.2) is 17.0 Å². The molecule has 3 heteroatoms. The lowest BCUT2D eigenvalue weighted by Crippen LogP contribution is -2.24. The van der Waals surface area contributed by atoms with Crippen molar-refractivity contribution in [2.45, 2.75) is 103 Å². The van der Waals surface area contributed by atoms with E-state index in [-0.39, 0.29) is 0 Å². The number of hydrogen-bond acceptors (Lipinski definition) is 2. The van der Waals surface area contributed by atoms with Crippen molar-refractivity contribution in [1.29, 1.82) is 0 Å². The molecule has 0 amide bonds.